The third-order valence-electron chi connectivity index (χ3n) is 1.69. The van der Waals surface area contributed by atoms with Crippen molar-refractivity contribution >= 4 is 14.5 Å². The number of carboxylic acid groups (broad SMARTS) is 1. The Balaban J connectivity index is 0. The Morgan fingerprint density at radius 3 is 2.19 bits per heavy atom. The fraction of sp³-hybridized carbons (Fsp3) is 0.750. The molecule has 2 N–H and O–H groups in total. The van der Waals surface area contributed by atoms with Crippen LogP contribution < -0.4 is 0 Å². The second-order valence-electron chi connectivity index (χ2n) is 4.64. The van der Waals surface area contributed by atoms with E-state index in [2.05, 4.69) is 38.0 Å². The van der Waals surface area contributed by atoms with Gasteiger partial charge in [0.1, 0.15) is 14.2 Å². The molecular formula is C12H24O3Si. The van der Waals surface area contributed by atoms with E-state index in [0.29, 0.717) is 0 Å². The first-order valence-corrected chi connectivity index (χ1v) is 9.16. The number of unbranched alkanes of at least 4 members (excludes halogenated alkanes) is 2. The van der Waals surface area contributed by atoms with Gasteiger partial charge in [0.15, 0.2) is 0 Å². The molecular weight excluding hydrogens is 220 g/mol. The summed E-state index contributed by atoms with van der Waals surface area (Å²) in [5.41, 5.74) is 3.19. The van der Waals surface area contributed by atoms with Gasteiger partial charge in [-0.25, -0.2) is 0 Å². The SMILES string of the molecule is CCCCCC(O)C#C[Si](C)(C)C.O=CO. The molecule has 0 saturated heterocycles. The molecule has 0 heterocycles. The molecule has 1 atom stereocenters. The van der Waals surface area contributed by atoms with Crippen molar-refractivity contribution in [3.05, 3.63) is 0 Å². The molecule has 4 heteroatoms. The highest BCUT2D eigenvalue weighted by Crippen LogP contribution is 2.03. The summed E-state index contributed by atoms with van der Waals surface area (Å²) in [5.74, 6) is 2.95. The number of hydrogen-bond donors (Lipinski definition) is 2. The van der Waals surface area contributed by atoms with Crippen molar-refractivity contribution in [1.29, 1.82) is 0 Å². The summed E-state index contributed by atoms with van der Waals surface area (Å²) in [6, 6.07) is 0. The molecule has 0 aliphatic heterocycles. The van der Waals surface area contributed by atoms with Crippen LogP contribution in [0.5, 0.6) is 0 Å². The van der Waals surface area contributed by atoms with Gasteiger partial charge >= 0.3 is 0 Å². The van der Waals surface area contributed by atoms with E-state index >= 15 is 0 Å². The standard InChI is InChI=1S/C11H22OSi.CH2O2/c1-5-6-7-8-11(12)9-10-13(2,3)4;2-1-3/h11-12H,5-8H2,1-4H3;1H,(H,2,3). The largest absolute Gasteiger partial charge is 0.483 e. The summed E-state index contributed by atoms with van der Waals surface area (Å²) in [4.78, 5) is 8.36. The van der Waals surface area contributed by atoms with Crippen LogP contribution in [0.25, 0.3) is 0 Å². The molecule has 0 aliphatic rings. The number of rotatable bonds is 4. The fourth-order valence-corrected chi connectivity index (χ4v) is 1.56. The van der Waals surface area contributed by atoms with E-state index in [1.165, 1.54) is 12.8 Å². The molecule has 0 aromatic carbocycles. The van der Waals surface area contributed by atoms with E-state index in [1.54, 1.807) is 0 Å². The molecule has 0 aromatic heterocycles. The zero-order chi connectivity index (χ0) is 13.0. The van der Waals surface area contributed by atoms with Gasteiger partial charge in [-0.1, -0.05) is 45.3 Å². The zero-order valence-electron chi connectivity index (χ0n) is 10.8. The Bertz CT molecular complexity index is 223. The van der Waals surface area contributed by atoms with Crippen LogP contribution in [-0.4, -0.2) is 30.9 Å². The highest BCUT2D eigenvalue weighted by atomic mass is 28.3. The molecule has 0 saturated carbocycles. The molecule has 3 nitrogen and oxygen atoms in total. The van der Waals surface area contributed by atoms with E-state index < -0.39 is 14.2 Å². The van der Waals surface area contributed by atoms with Crippen LogP contribution in [-0.2, 0) is 4.79 Å². The molecule has 0 rings (SSSR count). The Morgan fingerprint density at radius 1 is 1.31 bits per heavy atom. The smallest absolute Gasteiger partial charge is 0.290 e. The van der Waals surface area contributed by atoms with Crippen LogP contribution in [0.1, 0.15) is 32.6 Å². The van der Waals surface area contributed by atoms with Crippen molar-refractivity contribution in [1.82, 2.24) is 0 Å². The Morgan fingerprint density at radius 2 is 1.81 bits per heavy atom. The molecule has 94 valence electrons. The van der Waals surface area contributed by atoms with Crippen molar-refractivity contribution < 1.29 is 15.0 Å². The normalized spacial score (nSPS) is 11.6. The van der Waals surface area contributed by atoms with Gasteiger partial charge in [0.05, 0.1) is 0 Å². The number of hydrogen-bond acceptors (Lipinski definition) is 2. The topological polar surface area (TPSA) is 57.5 Å². The fourth-order valence-electron chi connectivity index (χ4n) is 0.960. The summed E-state index contributed by atoms with van der Waals surface area (Å²) >= 11 is 0. The van der Waals surface area contributed by atoms with E-state index in [9.17, 15) is 5.11 Å². The minimum absolute atomic E-state index is 0.250. The van der Waals surface area contributed by atoms with Crippen LogP contribution in [0.4, 0.5) is 0 Å². The van der Waals surface area contributed by atoms with Gasteiger partial charge in [0.2, 0.25) is 0 Å². The summed E-state index contributed by atoms with van der Waals surface area (Å²) < 4.78 is 0. The Labute approximate surface area is 99.9 Å². The average molecular weight is 244 g/mol. The first-order valence-electron chi connectivity index (χ1n) is 5.66. The molecule has 0 aromatic rings. The maximum Gasteiger partial charge on any atom is 0.290 e. The number of aliphatic hydroxyl groups is 1. The summed E-state index contributed by atoms with van der Waals surface area (Å²) in [5, 5.41) is 16.4. The third-order valence-corrected chi connectivity index (χ3v) is 2.59. The molecule has 1 unspecified atom stereocenters. The second kappa shape index (κ2) is 10.7. The zero-order valence-corrected chi connectivity index (χ0v) is 11.8. The monoisotopic (exact) mass is 244 g/mol. The number of carbonyl (C=O) groups is 1. The van der Waals surface area contributed by atoms with Crippen molar-refractivity contribution in [2.24, 2.45) is 0 Å². The van der Waals surface area contributed by atoms with E-state index in [1.807, 2.05) is 0 Å². The molecule has 0 bridgehead atoms. The van der Waals surface area contributed by atoms with Crippen molar-refractivity contribution in [2.45, 2.75) is 58.4 Å². The van der Waals surface area contributed by atoms with Crippen LogP contribution in [0.15, 0.2) is 0 Å². The van der Waals surface area contributed by atoms with Gasteiger partial charge in [-0.15, -0.1) is 5.54 Å². The summed E-state index contributed by atoms with van der Waals surface area (Å²) in [6.45, 7) is 8.50. The van der Waals surface area contributed by atoms with Crippen LogP contribution in [0.2, 0.25) is 19.6 Å². The van der Waals surface area contributed by atoms with Crippen LogP contribution in [0.3, 0.4) is 0 Å². The summed E-state index contributed by atoms with van der Waals surface area (Å²) in [6.07, 6.45) is 3.95. The van der Waals surface area contributed by atoms with Gasteiger partial charge < -0.3 is 10.2 Å². The van der Waals surface area contributed by atoms with Gasteiger partial charge in [-0.05, 0) is 12.8 Å². The minimum atomic E-state index is -1.29. The lowest BCUT2D eigenvalue weighted by Gasteiger charge is -2.06. The maximum atomic E-state index is 9.49. The quantitative estimate of drug-likeness (QED) is 0.346. The number of aliphatic hydroxyl groups excluding tert-OH is 1. The molecule has 0 radical (unpaired) electrons. The maximum absolute atomic E-state index is 9.49. The molecule has 0 amide bonds. The van der Waals surface area contributed by atoms with Gasteiger partial charge in [0.25, 0.3) is 6.47 Å². The highest BCUT2D eigenvalue weighted by Gasteiger charge is 2.08. The van der Waals surface area contributed by atoms with Crippen LogP contribution >= 0.6 is 0 Å². The molecule has 0 spiro atoms. The first-order chi connectivity index (χ1) is 7.37. The van der Waals surface area contributed by atoms with E-state index in [4.69, 9.17) is 9.90 Å². The first kappa shape index (κ1) is 17.6. The lowest BCUT2D eigenvalue weighted by atomic mass is 10.1. The predicted molar refractivity (Wildman–Crippen MR) is 70.0 cm³/mol. The van der Waals surface area contributed by atoms with E-state index in [-0.39, 0.29) is 6.47 Å². The van der Waals surface area contributed by atoms with Crippen molar-refractivity contribution in [3.63, 3.8) is 0 Å². The predicted octanol–water partition coefficient (Wildman–Crippen LogP) is 2.51. The van der Waals surface area contributed by atoms with E-state index in [0.717, 1.165) is 12.8 Å². The third kappa shape index (κ3) is 18.9. The van der Waals surface area contributed by atoms with Gasteiger partial charge in [-0.2, -0.15) is 0 Å². The van der Waals surface area contributed by atoms with Crippen molar-refractivity contribution in [2.75, 3.05) is 0 Å². The average Bonchev–Trinajstić information content (AvgIpc) is 2.15. The lowest BCUT2D eigenvalue weighted by molar-refractivity contribution is -0.122. The molecule has 0 aliphatic carbocycles. The Hall–Kier alpha value is -0.793. The lowest BCUT2D eigenvalue weighted by Crippen LogP contribution is -2.17. The van der Waals surface area contributed by atoms with Crippen LogP contribution in [0, 0.1) is 11.5 Å². The summed E-state index contributed by atoms with van der Waals surface area (Å²) in [7, 11) is -1.29. The molecule has 0 fully saturated rings. The minimum Gasteiger partial charge on any atom is -0.483 e. The molecule has 16 heavy (non-hydrogen) atoms. The van der Waals surface area contributed by atoms with Crippen molar-refractivity contribution in [3.8, 4) is 11.5 Å². The van der Waals surface area contributed by atoms with Gasteiger partial charge in [-0.3, -0.25) is 4.79 Å². The van der Waals surface area contributed by atoms with Gasteiger partial charge in [0, 0.05) is 0 Å². The highest BCUT2D eigenvalue weighted by molar-refractivity contribution is 6.83. The second-order valence-corrected chi connectivity index (χ2v) is 9.39. The Kier molecular flexibility index (Phi) is 11.8.